The number of rotatable bonds is 4. The van der Waals surface area contributed by atoms with Gasteiger partial charge in [0.2, 0.25) is 0 Å². The Morgan fingerprint density at radius 2 is 1.95 bits per heavy atom. The van der Waals surface area contributed by atoms with Crippen LogP contribution < -0.4 is 5.32 Å². The summed E-state index contributed by atoms with van der Waals surface area (Å²) >= 11 is 0. The van der Waals surface area contributed by atoms with Crippen LogP contribution >= 0.6 is 0 Å². The minimum Gasteiger partial charge on any atom is -0.478 e. The Balaban J connectivity index is 1.86. The molecule has 22 heavy (non-hydrogen) atoms. The van der Waals surface area contributed by atoms with E-state index in [1.807, 2.05) is 7.05 Å². The lowest BCUT2D eigenvalue weighted by atomic mass is 9.92. The Hall–Kier alpha value is -2.04. The van der Waals surface area contributed by atoms with Crippen LogP contribution in [0.15, 0.2) is 24.3 Å². The van der Waals surface area contributed by atoms with Crippen LogP contribution in [0.5, 0.6) is 0 Å². The van der Waals surface area contributed by atoms with Gasteiger partial charge in [-0.05, 0) is 42.4 Å². The lowest BCUT2D eigenvalue weighted by Gasteiger charge is -2.26. The summed E-state index contributed by atoms with van der Waals surface area (Å²) in [6, 6.07) is 6.76. The van der Waals surface area contributed by atoms with Crippen LogP contribution in [0.1, 0.15) is 49.0 Å². The van der Waals surface area contributed by atoms with Gasteiger partial charge in [0.05, 0.1) is 5.56 Å². The first kappa shape index (κ1) is 16.3. The van der Waals surface area contributed by atoms with Crippen LogP contribution in [0.2, 0.25) is 0 Å². The number of carbonyl (C=O) groups excluding carboxylic acids is 1. The van der Waals surface area contributed by atoms with Crippen LogP contribution in [0.3, 0.4) is 0 Å². The van der Waals surface area contributed by atoms with E-state index in [4.69, 9.17) is 5.11 Å². The summed E-state index contributed by atoms with van der Waals surface area (Å²) in [4.78, 5) is 24.8. The van der Waals surface area contributed by atoms with Gasteiger partial charge < -0.3 is 15.3 Å². The van der Waals surface area contributed by atoms with E-state index in [9.17, 15) is 9.59 Å². The molecule has 1 aromatic carbocycles. The van der Waals surface area contributed by atoms with Crippen LogP contribution in [-0.4, -0.2) is 35.1 Å². The SMILES string of the molecule is CN(C(=O)NCc1ccc(C(=O)O)cc1)C1CCC(C)(C)C1. The number of hydrogen-bond donors (Lipinski definition) is 2. The number of nitrogens with zero attached hydrogens (tertiary/aromatic N) is 1. The molecule has 1 saturated carbocycles. The van der Waals surface area contributed by atoms with Gasteiger partial charge in [-0.2, -0.15) is 0 Å². The number of carbonyl (C=O) groups is 2. The molecule has 5 heteroatoms. The minimum absolute atomic E-state index is 0.0787. The van der Waals surface area contributed by atoms with Crippen molar-refractivity contribution in [3.63, 3.8) is 0 Å². The summed E-state index contributed by atoms with van der Waals surface area (Å²) in [5, 5.41) is 11.7. The topological polar surface area (TPSA) is 69.6 Å². The smallest absolute Gasteiger partial charge is 0.335 e. The molecule has 1 atom stereocenters. The second kappa shape index (κ2) is 6.38. The second-order valence-corrected chi connectivity index (χ2v) is 6.83. The lowest BCUT2D eigenvalue weighted by molar-refractivity contribution is 0.0697. The van der Waals surface area contributed by atoms with Crippen molar-refractivity contribution in [2.45, 2.75) is 45.7 Å². The molecule has 0 bridgehead atoms. The van der Waals surface area contributed by atoms with Gasteiger partial charge in [-0.25, -0.2) is 9.59 Å². The molecule has 0 saturated heterocycles. The van der Waals surface area contributed by atoms with Gasteiger partial charge in [0, 0.05) is 19.6 Å². The Kier molecular flexibility index (Phi) is 4.74. The highest BCUT2D eigenvalue weighted by Crippen LogP contribution is 2.38. The molecular weight excluding hydrogens is 280 g/mol. The lowest BCUT2D eigenvalue weighted by Crippen LogP contribution is -2.42. The highest BCUT2D eigenvalue weighted by molar-refractivity contribution is 5.87. The molecular formula is C17H24N2O3. The normalized spacial score (nSPS) is 19.7. The van der Waals surface area contributed by atoms with Gasteiger partial charge in [0.15, 0.2) is 0 Å². The van der Waals surface area contributed by atoms with Crippen LogP contribution in [0.4, 0.5) is 4.79 Å². The number of hydrogen-bond acceptors (Lipinski definition) is 2. The van der Waals surface area contributed by atoms with Crippen molar-refractivity contribution in [3.05, 3.63) is 35.4 Å². The number of carboxylic acids is 1. The summed E-state index contributed by atoms with van der Waals surface area (Å²) in [7, 11) is 1.84. The molecule has 0 aromatic heterocycles. The Labute approximate surface area is 131 Å². The third-order valence-corrected chi connectivity index (χ3v) is 4.46. The van der Waals surface area contributed by atoms with Crippen molar-refractivity contribution in [1.82, 2.24) is 10.2 Å². The summed E-state index contributed by atoms with van der Waals surface area (Å²) in [6.45, 7) is 4.88. The van der Waals surface area contributed by atoms with Crippen molar-refractivity contribution < 1.29 is 14.7 Å². The zero-order chi connectivity index (χ0) is 16.3. The molecule has 1 unspecified atom stereocenters. The maximum atomic E-state index is 12.2. The second-order valence-electron chi connectivity index (χ2n) is 6.83. The van der Waals surface area contributed by atoms with Gasteiger partial charge in [0.1, 0.15) is 0 Å². The Bertz CT molecular complexity index is 552. The van der Waals surface area contributed by atoms with E-state index in [0.717, 1.165) is 24.8 Å². The molecule has 120 valence electrons. The van der Waals surface area contributed by atoms with Gasteiger partial charge in [-0.3, -0.25) is 0 Å². The Morgan fingerprint density at radius 3 is 2.45 bits per heavy atom. The first-order valence-electron chi connectivity index (χ1n) is 7.61. The maximum absolute atomic E-state index is 12.2. The van der Waals surface area contributed by atoms with E-state index in [2.05, 4.69) is 19.2 Å². The van der Waals surface area contributed by atoms with Crippen LogP contribution in [0.25, 0.3) is 0 Å². The monoisotopic (exact) mass is 304 g/mol. The molecule has 0 spiro atoms. The molecule has 1 fully saturated rings. The van der Waals surface area contributed by atoms with Crippen LogP contribution in [0, 0.1) is 5.41 Å². The molecule has 0 aliphatic heterocycles. The first-order valence-corrected chi connectivity index (χ1v) is 7.61. The van der Waals surface area contributed by atoms with E-state index in [1.54, 1.807) is 29.2 Å². The van der Waals surface area contributed by atoms with E-state index in [0.29, 0.717) is 18.0 Å². The quantitative estimate of drug-likeness (QED) is 0.898. The van der Waals surface area contributed by atoms with Gasteiger partial charge >= 0.3 is 12.0 Å². The number of urea groups is 1. The fourth-order valence-electron chi connectivity index (χ4n) is 2.96. The zero-order valence-corrected chi connectivity index (χ0v) is 13.4. The van der Waals surface area contributed by atoms with Crippen molar-refractivity contribution in [3.8, 4) is 0 Å². The first-order chi connectivity index (χ1) is 10.3. The number of nitrogens with one attached hydrogen (secondary N) is 1. The maximum Gasteiger partial charge on any atom is 0.335 e. The average Bonchev–Trinajstić information content (AvgIpc) is 2.84. The van der Waals surface area contributed by atoms with Crippen molar-refractivity contribution in [2.24, 2.45) is 5.41 Å². The number of aromatic carboxylic acids is 1. The van der Waals surface area contributed by atoms with Gasteiger partial charge in [-0.15, -0.1) is 0 Å². The van der Waals surface area contributed by atoms with Gasteiger partial charge in [0.25, 0.3) is 0 Å². The summed E-state index contributed by atoms with van der Waals surface area (Å²) < 4.78 is 0. The van der Waals surface area contributed by atoms with Crippen molar-refractivity contribution in [2.75, 3.05) is 7.05 Å². The molecule has 2 amide bonds. The van der Waals surface area contributed by atoms with Gasteiger partial charge in [-0.1, -0.05) is 26.0 Å². The molecule has 2 N–H and O–H groups in total. The minimum atomic E-state index is -0.945. The predicted molar refractivity (Wildman–Crippen MR) is 84.8 cm³/mol. The standard InChI is InChI=1S/C17H24N2O3/c1-17(2)9-8-14(10-17)19(3)16(22)18-11-12-4-6-13(7-5-12)15(20)21/h4-7,14H,8-11H2,1-3H3,(H,18,22)(H,20,21). The molecule has 1 aromatic rings. The summed E-state index contributed by atoms with van der Waals surface area (Å²) in [5.74, 6) is -0.945. The fraction of sp³-hybridized carbons (Fsp3) is 0.529. The molecule has 1 aliphatic carbocycles. The third kappa shape index (κ3) is 4.00. The molecule has 1 aliphatic rings. The number of benzene rings is 1. The van der Waals surface area contributed by atoms with Crippen LogP contribution in [-0.2, 0) is 6.54 Å². The number of carboxylic acid groups (broad SMARTS) is 1. The highest BCUT2D eigenvalue weighted by atomic mass is 16.4. The zero-order valence-electron chi connectivity index (χ0n) is 13.4. The molecule has 0 radical (unpaired) electrons. The van der Waals surface area contributed by atoms with E-state index in [1.165, 1.54) is 0 Å². The number of amides is 2. The van der Waals surface area contributed by atoms with E-state index < -0.39 is 5.97 Å². The molecule has 2 rings (SSSR count). The molecule has 5 nitrogen and oxygen atoms in total. The predicted octanol–water partition coefficient (Wildman–Crippen LogP) is 3.10. The van der Waals surface area contributed by atoms with Crippen molar-refractivity contribution >= 4 is 12.0 Å². The summed E-state index contributed by atoms with van der Waals surface area (Å²) in [6.07, 6.45) is 3.22. The fourth-order valence-corrected chi connectivity index (χ4v) is 2.96. The largest absolute Gasteiger partial charge is 0.478 e. The van der Waals surface area contributed by atoms with Crippen molar-refractivity contribution in [1.29, 1.82) is 0 Å². The highest BCUT2D eigenvalue weighted by Gasteiger charge is 2.34. The summed E-state index contributed by atoms with van der Waals surface area (Å²) in [5.41, 5.74) is 1.45. The third-order valence-electron chi connectivity index (χ3n) is 4.46. The van der Waals surface area contributed by atoms with E-state index >= 15 is 0 Å². The Morgan fingerprint density at radius 1 is 1.32 bits per heavy atom. The average molecular weight is 304 g/mol. The van der Waals surface area contributed by atoms with E-state index in [-0.39, 0.29) is 11.6 Å². The molecule has 0 heterocycles.